The van der Waals surface area contributed by atoms with Gasteiger partial charge in [0.05, 0.1) is 23.6 Å². The van der Waals surface area contributed by atoms with Gasteiger partial charge >= 0.3 is 5.97 Å². The Labute approximate surface area is 189 Å². The lowest BCUT2D eigenvalue weighted by atomic mass is 10.1. The normalized spacial score (nSPS) is 12.0. The Hall–Kier alpha value is -2.19. The molecule has 1 unspecified atom stereocenters. The van der Waals surface area contributed by atoms with E-state index in [0.717, 1.165) is 43.5 Å². The molecule has 172 valence electrons. The van der Waals surface area contributed by atoms with Crippen LogP contribution < -0.4 is 5.32 Å². The van der Waals surface area contributed by atoms with Crippen LogP contribution in [0.3, 0.4) is 0 Å². The van der Waals surface area contributed by atoms with Gasteiger partial charge in [0.1, 0.15) is 0 Å². The van der Waals surface area contributed by atoms with Crippen molar-refractivity contribution in [2.75, 3.05) is 20.3 Å². The van der Waals surface area contributed by atoms with E-state index in [1.54, 1.807) is 14.0 Å². The van der Waals surface area contributed by atoms with Gasteiger partial charge < -0.3 is 19.4 Å². The van der Waals surface area contributed by atoms with Crippen molar-refractivity contribution in [2.24, 2.45) is 0 Å². The van der Waals surface area contributed by atoms with Gasteiger partial charge in [-0.25, -0.2) is 9.78 Å². The summed E-state index contributed by atoms with van der Waals surface area (Å²) in [5.41, 5.74) is 3.03. The summed E-state index contributed by atoms with van der Waals surface area (Å²) in [6.07, 6.45) is 4.90. The summed E-state index contributed by atoms with van der Waals surface area (Å²) in [4.78, 5) is 29.6. The molecule has 7 nitrogen and oxygen atoms in total. The Morgan fingerprint density at radius 3 is 2.68 bits per heavy atom. The van der Waals surface area contributed by atoms with Crippen LogP contribution in [0.15, 0.2) is 11.4 Å². The van der Waals surface area contributed by atoms with Crippen LogP contribution in [0.2, 0.25) is 0 Å². The molecule has 8 heteroatoms. The third-order valence-corrected chi connectivity index (χ3v) is 6.11. The summed E-state index contributed by atoms with van der Waals surface area (Å²) >= 11 is 1.25. The Bertz CT molecular complexity index is 859. The molecule has 2 aromatic rings. The molecule has 0 saturated carbocycles. The van der Waals surface area contributed by atoms with Crippen molar-refractivity contribution in [1.29, 1.82) is 0 Å². The first-order chi connectivity index (χ1) is 15.0. The predicted octanol–water partition coefficient (Wildman–Crippen LogP) is 4.83. The number of methoxy groups -OCH3 is 1. The number of carbonyl (C=O) groups is 2. The van der Waals surface area contributed by atoms with Gasteiger partial charge in [0, 0.05) is 37.4 Å². The number of carbonyl (C=O) groups excluding carboxylic acids is 2. The fraction of sp³-hybridized carbons (Fsp3) is 0.609. The molecule has 0 bridgehead atoms. The molecule has 2 aromatic heterocycles. The van der Waals surface area contributed by atoms with Crippen molar-refractivity contribution in [3.8, 4) is 11.4 Å². The molecule has 0 saturated heterocycles. The lowest BCUT2D eigenvalue weighted by Gasteiger charge is -2.16. The smallest absolute Gasteiger partial charge is 0.367 e. The second-order valence-electron chi connectivity index (χ2n) is 7.51. The van der Waals surface area contributed by atoms with Gasteiger partial charge in [0.15, 0.2) is 0 Å². The molecule has 0 aliphatic heterocycles. The molecule has 0 radical (unpaired) electrons. The highest BCUT2D eigenvalue weighted by Gasteiger charge is 2.22. The number of ether oxygens (including phenoxy) is 2. The number of hydrogen-bond acceptors (Lipinski definition) is 6. The summed E-state index contributed by atoms with van der Waals surface area (Å²) in [5, 5.41) is 5.34. The van der Waals surface area contributed by atoms with E-state index in [1.807, 2.05) is 18.4 Å². The number of rotatable bonds is 13. The van der Waals surface area contributed by atoms with E-state index in [4.69, 9.17) is 9.47 Å². The highest BCUT2D eigenvalue weighted by molar-refractivity contribution is 7.11. The van der Waals surface area contributed by atoms with Gasteiger partial charge in [-0.1, -0.05) is 26.7 Å². The molecular formula is C23H35N3O4S. The van der Waals surface area contributed by atoms with E-state index < -0.39 is 5.97 Å². The largest absolute Gasteiger partial charge is 0.461 e. The van der Waals surface area contributed by atoms with E-state index >= 15 is 0 Å². The fourth-order valence-electron chi connectivity index (χ4n) is 3.51. The highest BCUT2D eigenvalue weighted by atomic mass is 32.1. The third kappa shape index (κ3) is 6.64. The van der Waals surface area contributed by atoms with Crippen LogP contribution in [0.5, 0.6) is 0 Å². The van der Waals surface area contributed by atoms with Crippen molar-refractivity contribution < 1.29 is 19.1 Å². The van der Waals surface area contributed by atoms with Crippen LogP contribution in [-0.4, -0.2) is 47.8 Å². The van der Waals surface area contributed by atoms with E-state index in [9.17, 15) is 9.59 Å². The molecule has 0 spiro atoms. The zero-order valence-corrected chi connectivity index (χ0v) is 20.1. The zero-order valence-electron chi connectivity index (χ0n) is 19.3. The number of hydrogen-bond donors (Lipinski definition) is 1. The van der Waals surface area contributed by atoms with Crippen LogP contribution in [-0.2, 0) is 16.0 Å². The predicted molar refractivity (Wildman–Crippen MR) is 124 cm³/mol. The standard InChI is InChI=1S/C23H35N3O4S/c1-6-9-11-17(7-2)24-21(27)18-14-20(26(16(18)4)12-10-13-29-5)19-15-31-22(25-19)23(28)30-8-3/h14-15,17H,6-13H2,1-5H3,(H,24,27). The van der Waals surface area contributed by atoms with Crippen molar-refractivity contribution in [1.82, 2.24) is 14.9 Å². The summed E-state index contributed by atoms with van der Waals surface area (Å²) in [6.45, 7) is 9.61. The first kappa shape index (κ1) is 25.1. The SMILES string of the molecule is CCCCC(CC)NC(=O)c1cc(-c2csc(C(=O)OCC)n2)n(CCCOC)c1C. The minimum Gasteiger partial charge on any atom is -0.461 e. The number of esters is 1. The molecule has 2 heterocycles. The molecule has 0 aromatic carbocycles. The van der Waals surface area contributed by atoms with Gasteiger partial charge in [-0.3, -0.25) is 4.79 Å². The van der Waals surface area contributed by atoms with E-state index in [1.165, 1.54) is 11.3 Å². The van der Waals surface area contributed by atoms with Crippen molar-refractivity contribution in [3.63, 3.8) is 0 Å². The third-order valence-electron chi connectivity index (χ3n) is 5.29. The van der Waals surface area contributed by atoms with Crippen LogP contribution in [0.4, 0.5) is 0 Å². The average Bonchev–Trinajstić information content (AvgIpc) is 3.37. The molecule has 1 amide bonds. The summed E-state index contributed by atoms with van der Waals surface area (Å²) in [6, 6.07) is 2.05. The van der Waals surface area contributed by atoms with Gasteiger partial charge in [0.25, 0.3) is 5.91 Å². The molecule has 1 atom stereocenters. The van der Waals surface area contributed by atoms with E-state index in [0.29, 0.717) is 36.0 Å². The molecule has 1 N–H and O–H groups in total. The molecule has 0 fully saturated rings. The fourth-order valence-corrected chi connectivity index (χ4v) is 4.22. The second kappa shape index (κ2) is 12.6. The van der Waals surface area contributed by atoms with Gasteiger partial charge in [-0.15, -0.1) is 11.3 Å². The Balaban J connectivity index is 2.34. The molecule has 0 aliphatic rings. The maximum absolute atomic E-state index is 13.1. The summed E-state index contributed by atoms with van der Waals surface area (Å²) < 4.78 is 12.4. The minimum absolute atomic E-state index is 0.0620. The molecule has 0 aliphatic carbocycles. The van der Waals surface area contributed by atoms with E-state index in [-0.39, 0.29) is 11.9 Å². The zero-order chi connectivity index (χ0) is 22.8. The first-order valence-electron chi connectivity index (χ1n) is 11.1. The second-order valence-corrected chi connectivity index (χ2v) is 8.36. The lowest BCUT2D eigenvalue weighted by molar-refractivity contribution is 0.0526. The monoisotopic (exact) mass is 449 g/mol. The van der Waals surface area contributed by atoms with Gasteiger partial charge in [0.2, 0.25) is 5.01 Å². The first-order valence-corrected chi connectivity index (χ1v) is 12.0. The van der Waals surface area contributed by atoms with Crippen LogP contribution >= 0.6 is 11.3 Å². The maximum Gasteiger partial charge on any atom is 0.367 e. The number of amides is 1. The van der Waals surface area contributed by atoms with E-state index in [2.05, 4.69) is 28.7 Å². The molecule has 2 rings (SSSR count). The van der Waals surface area contributed by atoms with Gasteiger partial charge in [-0.2, -0.15) is 0 Å². The molecular weight excluding hydrogens is 414 g/mol. The topological polar surface area (TPSA) is 82.5 Å². The maximum atomic E-state index is 13.1. The van der Waals surface area contributed by atoms with Crippen LogP contribution in [0, 0.1) is 6.92 Å². The van der Waals surface area contributed by atoms with Crippen molar-refractivity contribution in [3.05, 3.63) is 27.7 Å². The number of aromatic nitrogens is 2. The quantitative estimate of drug-likeness (QED) is 0.350. The van der Waals surface area contributed by atoms with Gasteiger partial charge in [-0.05, 0) is 39.2 Å². The number of nitrogens with zero attached hydrogens (tertiary/aromatic N) is 2. The Morgan fingerprint density at radius 1 is 1.26 bits per heavy atom. The van der Waals surface area contributed by atoms with Crippen LogP contribution in [0.1, 0.15) is 78.7 Å². The number of nitrogens with one attached hydrogen (secondary N) is 1. The minimum atomic E-state index is -0.423. The van der Waals surface area contributed by atoms with Crippen molar-refractivity contribution >= 4 is 23.2 Å². The Morgan fingerprint density at radius 2 is 2.03 bits per heavy atom. The lowest BCUT2D eigenvalue weighted by Crippen LogP contribution is -2.34. The summed E-state index contributed by atoms with van der Waals surface area (Å²) in [5.74, 6) is -0.485. The average molecular weight is 450 g/mol. The highest BCUT2D eigenvalue weighted by Crippen LogP contribution is 2.28. The number of thiazole rings is 1. The van der Waals surface area contributed by atoms with Crippen LogP contribution in [0.25, 0.3) is 11.4 Å². The number of unbranched alkanes of at least 4 members (excludes halogenated alkanes) is 1. The summed E-state index contributed by atoms with van der Waals surface area (Å²) in [7, 11) is 1.68. The molecule has 31 heavy (non-hydrogen) atoms. The Kier molecular flexibility index (Phi) is 10.2. The van der Waals surface area contributed by atoms with Crippen molar-refractivity contribution in [2.45, 2.75) is 72.4 Å².